The third kappa shape index (κ3) is 4.22. The lowest BCUT2D eigenvalue weighted by molar-refractivity contribution is 0.422. The molecule has 0 aromatic heterocycles. The van der Waals surface area contributed by atoms with Crippen LogP contribution in [-0.2, 0) is 17.4 Å². The summed E-state index contributed by atoms with van der Waals surface area (Å²) in [6.45, 7) is 13.4. The molecule has 0 radical (unpaired) electrons. The standard InChI is InChI=1S/C21H29NO2/c1-20(2,3)17-11-14(12-18(19(17)24)21(4,5)6)13-22-15-7-9-16(23)10-8-15/h7-12,22-24H,13H2,1-6H3. The molecule has 0 bridgehead atoms. The Labute approximate surface area is 145 Å². The van der Waals surface area contributed by atoms with Crippen LogP contribution in [0.3, 0.4) is 0 Å². The molecule has 0 heterocycles. The summed E-state index contributed by atoms with van der Waals surface area (Å²) in [5.74, 6) is 0.665. The second kappa shape index (κ2) is 6.39. The van der Waals surface area contributed by atoms with E-state index in [1.165, 1.54) is 0 Å². The molecule has 0 aliphatic carbocycles. The maximum atomic E-state index is 10.8. The predicted octanol–water partition coefficient (Wildman–Crippen LogP) is 5.30. The van der Waals surface area contributed by atoms with Crippen LogP contribution in [-0.4, -0.2) is 10.2 Å². The van der Waals surface area contributed by atoms with Gasteiger partial charge in [0.25, 0.3) is 0 Å². The third-order valence-corrected chi connectivity index (χ3v) is 4.15. The zero-order valence-electron chi connectivity index (χ0n) is 15.6. The van der Waals surface area contributed by atoms with E-state index in [0.29, 0.717) is 12.3 Å². The van der Waals surface area contributed by atoms with Crippen LogP contribution in [0, 0.1) is 0 Å². The summed E-state index contributed by atoms with van der Waals surface area (Å²) in [4.78, 5) is 0. The van der Waals surface area contributed by atoms with Crippen LogP contribution < -0.4 is 5.32 Å². The van der Waals surface area contributed by atoms with Gasteiger partial charge in [0.15, 0.2) is 0 Å². The number of anilines is 1. The van der Waals surface area contributed by atoms with Crippen molar-refractivity contribution in [2.45, 2.75) is 58.9 Å². The fourth-order valence-corrected chi connectivity index (χ4v) is 2.72. The van der Waals surface area contributed by atoms with Crippen molar-refractivity contribution in [3.63, 3.8) is 0 Å². The molecular formula is C21H29NO2. The number of hydrogen-bond donors (Lipinski definition) is 3. The van der Waals surface area contributed by atoms with E-state index >= 15 is 0 Å². The van der Waals surface area contributed by atoms with Crippen molar-refractivity contribution in [2.75, 3.05) is 5.32 Å². The maximum absolute atomic E-state index is 10.8. The van der Waals surface area contributed by atoms with Gasteiger partial charge in [-0.3, -0.25) is 0 Å². The predicted molar refractivity (Wildman–Crippen MR) is 101 cm³/mol. The lowest BCUT2D eigenvalue weighted by Crippen LogP contribution is -2.18. The van der Waals surface area contributed by atoms with Crippen molar-refractivity contribution in [1.29, 1.82) is 0 Å². The summed E-state index contributed by atoms with van der Waals surface area (Å²) in [6.07, 6.45) is 0. The molecule has 3 nitrogen and oxygen atoms in total. The minimum absolute atomic E-state index is 0.126. The first-order valence-corrected chi connectivity index (χ1v) is 8.38. The monoisotopic (exact) mass is 327 g/mol. The fourth-order valence-electron chi connectivity index (χ4n) is 2.72. The summed E-state index contributed by atoms with van der Waals surface area (Å²) in [6, 6.07) is 11.2. The van der Waals surface area contributed by atoms with Gasteiger partial charge >= 0.3 is 0 Å². The molecule has 2 rings (SSSR count). The largest absolute Gasteiger partial charge is 0.508 e. The first-order chi connectivity index (χ1) is 11.0. The van der Waals surface area contributed by atoms with Crippen LogP contribution in [0.5, 0.6) is 11.5 Å². The smallest absolute Gasteiger partial charge is 0.123 e. The van der Waals surface area contributed by atoms with Crippen molar-refractivity contribution in [1.82, 2.24) is 0 Å². The molecule has 0 saturated carbocycles. The highest BCUT2D eigenvalue weighted by molar-refractivity contribution is 5.51. The molecule has 3 heteroatoms. The van der Waals surface area contributed by atoms with Gasteiger partial charge in [-0.1, -0.05) is 41.5 Å². The zero-order valence-corrected chi connectivity index (χ0v) is 15.6. The average Bonchev–Trinajstić information content (AvgIpc) is 2.45. The van der Waals surface area contributed by atoms with Gasteiger partial charge in [-0.15, -0.1) is 0 Å². The van der Waals surface area contributed by atoms with Crippen LogP contribution in [0.2, 0.25) is 0 Å². The summed E-state index contributed by atoms with van der Waals surface area (Å²) in [5.41, 5.74) is 3.78. The Kier molecular flexibility index (Phi) is 4.84. The zero-order chi connectivity index (χ0) is 18.1. The number of benzene rings is 2. The molecule has 0 amide bonds. The van der Waals surface area contributed by atoms with E-state index in [9.17, 15) is 10.2 Å². The van der Waals surface area contributed by atoms with Crippen LogP contribution in [0.1, 0.15) is 58.2 Å². The molecule has 0 fully saturated rings. The molecule has 2 aromatic rings. The fraction of sp³-hybridized carbons (Fsp3) is 0.429. The van der Waals surface area contributed by atoms with E-state index < -0.39 is 0 Å². The Morgan fingerprint density at radius 3 is 1.67 bits per heavy atom. The molecule has 0 spiro atoms. The topological polar surface area (TPSA) is 52.5 Å². The highest BCUT2D eigenvalue weighted by atomic mass is 16.3. The van der Waals surface area contributed by atoms with Gasteiger partial charge in [0.1, 0.15) is 11.5 Å². The normalized spacial score (nSPS) is 12.2. The number of phenols is 2. The van der Waals surface area contributed by atoms with Crippen molar-refractivity contribution < 1.29 is 10.2 Å². The Balaban J connectivity index is 2.37. The minimum Gasteiger partial charge on any atom is -0.508 e. The Hall–Kier alpha value is -2.16. The summed E-state index contributed by atoms with van der Waals surface area (Å²) in [5, 5.41) is 23.5. The number of phenolic OH excluding ortho intramolecular Hbond substituents is 2. The first kappa shape index (κ1) is 18.2. The lowest BCUT2D eigenvalue weighted by atomic mass is 9.78. The molecule has 2 aromatic carbocycles. The number of hydrogen-bond acceptors (Lipinski definition) is 3. The van der Waals surface area contributed by atoms with Crippen LogP contribution in [0.25, 0.3) is 0 Å². The van der Waals surface area contributed by atoms with Gasteiger partial charge < -0.3 is 15.5 Å². The number of nitrogens with one attached hydrogen (secondary N) is 1. The molecule has 0 atom stereocenters. The van der Waals surface area contributed by atoms with E-state index in [2.05, 4.69) is 59.0 Å². The second-order valence-corrected chi connectivity index (χ2v) is 8.44. The SMILES string of the molecule is CC(C)(C)c1cc(CNc2ccc(O)cc2)cc(C(C)(C)C)c1O. The van der Waals surface area contributed by atoms with E-state index in [1.807, 2.05) is 12.1 Å². The molecule has 130 valence electrons. The Morgan fingerprint density at radius 1 is 0.792 bits per heavy atom. The van der Waals surface area contributed by atoms with Crippen LogP contribution >= 0.6 is 0 Å². The Bertz CT molecular complexity index is 669. The summed E-state index contributed by atoms with van der Waals surface area (Å²) < 4.78 is 0. The maximum Gasteiger partial charge on any atom is 0.123 e. The van der Waals surface area contributed by atoms with E-state index in [4.69, 9.17) is 0 Å². The van der Waals surface area contributed by atoms with Gasteiger partial charge in [-0.05, 0) is 63.9 Å². The molecule has 0 unspecified atom stereocenters. The molecule has 24 heavy (non-hydrogen) atoms. The van der Waals surface area contributed by atoms with Crippen molar-refractivity contribution in [2.24, 2.45) is 0 Å². The highest BCUT2D eigenvalue weighted by Gasteiger charge is 2.26. The lowest BCUT2D eigenvalue weighted by Gasteiger charge is -2.28. The van der Waals surface area contributed by atoms with Crippen LogP contribution in [0.4, 0.5) is 5.69 Å². The van der Waals surface area contributed by atoms with Gasteiger partial charge in [0, 0.05) is 12.2 Å². The van der Waals surface area contributed by atoms with E-state index in [-0.39, 0.29) is 16.6 Å². The molecular weight excluding hydrogens is 298 g/mol. The first-order valence-electron chi connectivity index (χ1n) is 8.38. The van der Waals surface area contributed by atoms with Gasteiger partial charge in [-0.2, -0.15) is 0 Å². The summed E-state index contributed by atoms with van der Waals surface area (Å²) in [7, 11) is 0. The van der Waals surface area contributed by atoms with Crippen molar-refractivity contribution in [3.05, 3.63) is 53.1 Å². The highest BCUT2D eigenvalue weighted by Crippen LogP contribution is 2.39. The van der Waals surface area contributed by atoms with Crippen molar-refractivity contribution in [3.8, 4) is 11.5 Å². The van der Waals surface area contributed by atoms with Crippen LogP contribution in [0.15, 0.2) is 36.4 Å². The van der Waals surface area contributed by atoms with E-state index in [1.54, 1.807) is 12.1 Å². The van der Waals surface area contributed by atoms with Gasteiger partial charge in [0.2, 0.25) is 0 Å². The molecule has 0 saturated heterocycles. The van der Waals surface area contributed by atoms with E-state index in [0.717, 1.165) is 22.4 Å². The number of aromatic hydroxyl groups is 2. The average molecular weight is 327 g/mol. The van der Waals surface area contributed by atoms with Gasteiger partial charge in [0.05, 0.1) is 0 Å². The quantitative estimate of drug-likeness (QED) is 0.670. The molecule has 0 aliphatic heterocycles. The molecule has 0 aliphatic rings. The number of rotatable bonds is 3. The third-order valence-electron chi connectivity index (χ3n) is 4.15. The minimum atomic E-state index is -0.126. The second-order valence-electron chi connectivity index (χ2n) is 8.44. The van der Waals surface area contributed by atoms with Gasteiger partial charge in [-0.25, -0.2) is 0 Å². The van der Waals surface area contributed by atoms with Crippen molar-refractivity contribution >= 4 is 5.69 Å². The molecule has 3 N–H and O–H groups in total. The summed E-state index contributed by atoms with van der Waals surface area (Å²) >= 11 is 0. The Morgan fingerprint density at radius 2 is 1.25 bits per heavy atom.